The van der Waals surface area contributed by atoms with Gasteiger partial charge in [0.05, 0.1) is 32.8 Å². The lowest BCUT2D eigenvalue weighted by Gasteiger charge is -2.47. The van der Waals surface area contributed by atoms with E-state index in [0.29, 0.717) is 23.2 Å². The first-order valence-electron chi connectivity index (χ1n) is 16.0. The second kappa shape index (κ2) is 12.2. The van der Waals surface area contributed by atoms with Crippen LogP contribution in [-0.4, -0.2) is 26.4 Å². The van der Waals surface area contributed by atoms with Crippen LogP contribution < -0.4 is 14.2 Å². The molecule has 1 N–H and O–H groups in total. The summed E-state index contributed by atoms with van der Waals surface area (Å²) in [6.45, 7) is 0. The summed E-state index contributed by atoms with van der Waals surface area (Å²) in [5, 5.41) is 13.1. The summed E-state index contributed by atoms with van der Waals surface area (Å²) < 4.78 is 17.2. The second-order valence-corrected chi connectivity index (χ2v) is 12.4. The molecule has 5 aromatic rings. The summed E-state index contributed by atoms with van der Waals surface area (Å²) in [6, 6.07) is 46.6. The highest BCUT2D eigenvalue weighted by atomic mass is 16.5. The van der Waals surface area contributed by atoms with Crippen LogP contribution in [0.5, 0.6) is 17.2 Å². The Morgan fingerprint density at radius 2 is 1.09 bits per heavy atom. The molecule has 0 bridgehead atoms. The molecule has 0 unspecified atom stereocenters. The van der Waals surface area contributed by atoms with Gasteiger partial charge in [0.2, 0.25) is 5.75 Å². The molecule has 0 spiro atoms. The molecule has 0 aliphatic heterocycles. The molecular weight excluding hydrogens is 568 g/mol. The lowest BCUT2D eigenvalue weighted by atomic mass is 9.57. The molecule has 2 aliphatic carbocycles. The van der Waals surface area contributed by atoms with Crippen molar-refractivity contribution in [2.45, 2.75) is 30.8 Å². The van der Waals surface area contributed by atoms with E-state index in [4.69, 9.17) is 14.2 Å². The van der Waals surface area contributed by atoms with Crippen LogP contribution in [0.1, 0.15) is 53.2 Å². The van der Waals surface area contributed by atoms with Gasteiger partial charge in [0, 0.05) is 0 Å². The lowest BCUT2D eigenvalue weighted by Crippen LogP contribution is -2.45. The number of rotatable bonds is 11. The van der Waals surface area contributed by atoms with Gasteiger partial charge >= 0.3 is 0 Å². The molecule has 2 fully saturated rings. The van der Waals surface area contributed by atoms with E-state index in [2.05, 4.69) is 121 Å². The van der Waals surface area contributed by atoms with E-state index < -0.39 is 11.5 Å². The van der Waals surface area contributed by atoms with Crippen molar-refractivity contribution in [3.63, 3.8) is 0 Å². The highest BCUT2D eigenvalue weighted by Gasteiger charge is 2.71. The van der Waals surface area contributed by atoms with Crippen molar-refractivity contribution in [1.82, 2.24) is 0 Å². The monoisotopic (exact) mass is 608 g/mol. The molecule has 4 heteroatoms. The zero-order chi connectivity index (χ0) is 31.7. The van der Waals surface area contributed by atoms with Crippen molar-refractivity contribution < 1.29 is 19.3 Å². The van der Waals surface area contributed by atoms with Crippen LogP contribution in [0.15, 0.2) is 139 Å². The lowest BCUT2D eigenvalue weighted by molar-refractivity contribution is 0.0461. The number of aliphatic hydroxyl groups excluding tert-OH is 1. The molecule has 2 atom stereocenters. The first-order valence-corrected chi connectivity index (χ1v) is 16.0. The highest BCUT2D eigenvalue weighted by molar-refractivity contribution is 5.85. The molecule has 0 aromatic heterocycles. The zero-order valence-electron chi connectivity index (χ0n) is 26.6. The van der Waals surface area contributed by atoms with Crippen molar-refractivity contribution in [1.29, 1.82) is 0 Å². The summed E-state index contributed by atoms with van der Waals surface area (Å²) in [5.41, 5.74) is 7.20. The maximum Gasteiger partial charge on any atom is 0.203 e. The Morgan fingerprint density at radius 3 is 1.48 bits per heavy atom. The average molecular weight is 609 g/mol. The fourth-order valence-corrected chi connectivity index (χ4v) is 8.11. The van der Waals surface area contributed by atoms with E-state index in [0.717, 1.165) is 36.0 Å². The minimum absolute atomic E-state index is 0.223. The first kappa shape index (κ1) is 29.9. The highest BCUT2D eigenvalue weighted by Crippen LogP contribution is 2.77. The average Bonchev–Trinajstić information content (AvgIpc) is 4.07. The topological polar surface area (TPSA) is 47.9 Å². The third-order valence-electron chi connectivity index (χ3n) is 10.2. The maximum absolute atomic E-state index is 13.1. The minimum atomic E-state index is -0.910. The molecule has 4 nitrogen and oxygen atoms in total. The van der Waals surface area contributed by atoms with Crippen LogP contribution in [0.3, 0.4) is 0 Å². The van der Waals surface area contributed by atoms with Crippen LogP contribution in [-0.2, 0) is 5.41 Å². The number of ether oxygens (including phenoxy) is 3. The molecule has 0 amide bonds. The van der Waals surface area contributed by atoms with Gasteiger partial charge in [-0.15, -0.1) is 0 Å². The normalized spacial score (nSPS) is 17.1. The van der Waals surface area contributed by atoms with E-state index in [1.54, 1.807) is 21.3 Å². The Hall–Kier alpha value is -4.80. The van der Waals surface area contributed by atoms with E-state index in [1.807, 2.05) is 12.1 Å². The summed E-state index contributed by atoms with van der Waals surface area (Å²) in [5.74, 6) is 1.85. The Morgan fingerprint density at radius 1 is 0.652 bits per heavy atom. The molecule has 2 saturated carbocycles. The van der Waals surface area contributed by atoms with Crippen molar-refractivity contribution in [3.8, 4) is 17.2 Å². The predicted molar refractivity (Wildman–Crippen MR) is 183 cm³/mol. The van der Waals surface area contributed by atoms with Crippen LogP contribution in [0, 0.1) is 11.3 Å². The molecule has 2 aliphatic rings. The van der Waals surface area contributed by atoms with Gasteiger partial charge in [-0.25, -0.2) is 0 Å². The summed E-state index contributed by atoms with van der Waals surface area (Å²) in [4.78, 5) is 0. The third kappa shape index (κ3) is 4.80. The zero-order valence-corrected chi connectivity index (χ0v) is 26.6. The van der Waals surface area contributed by atoms with Crippen molar-refractivity contribution in [3.05, 3.63) is 167 Å². The number of hydrogen-bond acceptors (Lipinski definition) is 4. The SMILES string of the molecule is COc1cc([C@H](O)C(c2ccccc2)(c2ccccc2)C2([C@@H]3CC3=C(c3ccccc3)c3ccccc3)CC2)cc(OC)c1OC. The van der Waals surface area contributed by atoms with Crippen LogP contribution in [0.2, 0.25) is 0 Å². The number of hydrogen-bond donors (Lipinski definition) is 1. The van der Waals surface area contributed by atoms with Crippen LogP contribution in [0.25, 0.3) is 5.57 Å². The molecule has 5 aromatic carbocycles. The second-order valence-electron chi connectivity index (χ2n) is 12.4. The van der Waals surface area contributed by atoms with Crippen molar-refractivity contribution in [2.75, 3.05) is 21.3 Å². The van der Waals surface area contributed by atoms with Gasteiger partial charge in [0.25, 0.3) is 0 Å². The van der Waals surface area contributed by atoms with Crippen molar-refractivity contribution >= 4 is 5.57 Å². The molecule has 46 heavy (non-hydrogen) atoms. The fourth-order valence-electron chi connectivity index (χ4n) is 8.11. The van der Waals surface area contributed by atoms with E-state index in [1.165, 1.54) is 22.3 Å². The summed E-state index contributed by atoms with van der Waals surface area (Å²) >= 11 is 0. The van der Waals surface area contributed by atoms with Gasteiger partial charge in [0.15, 0.2) is 11.5 Å². The minimum Gasteiger partial charge on any atom is -0.493 e. The third-order valence-corrected chi connectivity index (χ3v) is 10.2. The Balaban J connectivity index is 1.48. The Bertz CT molecular complexity index is 1720. The van der Waals surface area contributed by atoms with E-state index >= 15 is 0 Å². The smallest absolute Gasteiger partial charge is 0.203 e. The number of allylic oxidation sites excluding steroid dienone is 1. The van der Waals surface area contributed by atoms with Gasteiger partial charge in [-0.1, -0.05) is 127 Å². The summed E-state index contributed by atoms with van der Waals surface area (Å²) in [6.07, 6.45) is 2.09. The van der Waals surface area contributed by atoms with Gasteiger partial charge in [0.1, 0.15) is 0 Å². The Kier molecular flexibility index (Phi) is 7.92. The number of benzene rings is 5. The first-order chi connectivity index (χ1) is 22.6. The molecule has 0 radical (unpaired) electrons. The van der Waals surface area contributed by atoms with Crippen LogP contribution in [0.4, 0.5) is 0 Å². The van der Waals surface area contributed by atoms with Gasteiger partial charge in [-0.3, -0.25) is 0 Å². The standard InChI is InChI=1S/C42H40O4/c1-44-36-26-31(27-37(45-2)39(36)46-3)40(43)42(32-20-12-6-13-21-32,33-22-14-7-15-23-33)41(24-25-41)35-28-34(35)38(29-16-8-4-9-17-29)30-18-10-5-11-19-30/h4-23,26-27,35,40,43H,24-25,28H2,1-3H3/t35-,40+/m1/s1. The Labute approximate surface area is 271 Å². The molecule has 232 valence electrons. The van der Waals surface area contributed by atoms with Crippen molar-refractivity contribution in [2.24, 2.45) is 11.3 Å². The summed E-state index contributed by atoms with van der Waals surface area (Å²) in [7, 11) is 4.84. The molecule has 0 heterocycles. The van der Waals surface area contributed by atoms with Crippen LogP contribution >= 0.6 is 0 Å². The predicted octanol–water partition coefficient (Wildman–Crippen LogP) is 9.03. The number of methoxy groups -OCH3 is 3. The van der Waals surface area contributed by atoms with E-state index in [9.17, 15) is 5.11 Å². The molecule has 0 saturated heterocycles. The largest absolute Gasteiger partial charge is 0.493 e. The van der Waals surface area contributed by atoms with Gasteiger partial charge in [-0.05, 0) is 76.1 Å². The molecule has 7 rings (SSSR count). The number of aliphatic hydroxyl groups is 1. The van der Waals surface area contributed by atoms with Gasteiger partial charge < -0.3 is 19.3 Å². The molecular formula is C42H40O4. The quantitative estimate of drug-likeness (QED) is 0.163. The van der Waals surface area contributed by atoms with Gasteiger partial charge in [-0.2, -0.15) is 0 Å². The maximum atomic E-state index is 13.1. The fraction of sp³-hybridized carbons (Fsp3) is 0.238. The van der Waals surface area contributed by atoms with E-state index in [-0.39, 0.29) is 5.41 Å².